The highest BCUT2D eigenvalue weighted by Crippen LogP contribution is 2.30. The number of alkyl halides is 1. The van der Waals surface area contributed by atoms with Crippen molar-refractivity contribution >= 4 is 34.0 Å². The van der Waals surface area contributed by atoms with Crippen molar-refractivity contribution in [1.29, 1.82) is 0 Å². The van der Waals surface area contributed by atoms with Gasteiger partial charge >= 0.3 is 0 Å². The van der Waals surface area contributed by atoms with E-state index in [0.29, 0.717) is 0 Å². The van der Waals surface area contributed by atoms with Crippen LogP contribution in [0.4, 0.5) is 0 Å². The van der Waals surface area contributed by atoms with Crippen LogP contribution >= 0.6 is 23.2 Å². The molecule has 3 aromatic rings. The predicted octanol–water partition coefficient (Wildman–Crippen LogP) is 6.32. The normalized spacial score (nSPS) is 12.5. The fourth-order valence-electron chi connectivity index (χ4n) is 2.63. The zero-order chi connectivity index (χ0) is 14.8. The highest BCUT2D eigenvalue weighted by Gasteiger charge is 2.12. The first-order chi connectivity index (χ1) is 10.1. The molecule has 0 aliphatic rings. The highest BCUT2D eigenvalue weighted by atomic mass is 35.5. The third-order valence-electron chi connectivity index (χ3n) is 3.81. The lowest BCUT2D eigenvalue weighted by Gasteiger charge is -2.14. The minimum atomic E-state index is -0.0649. The van der Waals surface area contributed by atoms with Gasteiger partial charge in [-0.15, -0.1) is 11.6 Å². The third kappa shape index (κ3) is 3.23. The minimum Gasteiger partial charge on any atom is -0.117 e. The lowest BCUT2D eigenvalue weighted by atomic mass is 9.98. The number of fused-ring (bicyclic) bond motifs is 1. The molecule has 1 atom stereocenters. The van der Waals surface area contributed by atoms with E-state index in [-0.39, 0.29) is 5.38 Å². The molecule has 0 amide bonds. The average molecular weight is 315 g/mol. The molecule has 0 fully saturated rings. The SMILES string of the molecule is Cc1ccc(Cl)cc1C(Cl)Cc1ccc2ccccc2c1. The second-order valence-electron chi connectivity index (χ2n) is 5.35. The Kier molecular flexibility index (Phi) is 4.19. The van der Waals surface area contributed by atoms with Crippen LogP contribution in [-0.4, -0.2) is 0 Å². The first-order valence-corrected chi connectivity index (χ1v) is 7.83. The third-order valence-corrected chi connectivity index (χ3v) is 4.43. The molecule has 0 aliphatic heterocycles. The van der Waals surface area contributed by atoms with Crippen LogP contribution in [0.5, 0.6) is 0 Å². The van der Waals surface area contributed by atoms with Gasteiger partial charge in [-0.3, -0.25) is 0 Å². The molecule has 3 rings (SSSR count). The van der Waals surface area contributed by atoms with E-state index in [9.17, 15) is 0 Å². The maximum Gasteiger partial charge on any atom is 0.0628 e. The van der Waals surface area contributed by atoms with Crippen molar-refractivity contribution in [2.45, 2.75) is 18.7 Å². The van der Waals surface area contributed by atoms with Gasteiger partial charge < -0.3 is 0 Å². The van der Waals surface area contributed by atoms with Gasteiger partial charge in [0.2, 0.25) is 0 Å². The van der Waals surface area contributed by atoms with E-state index in [1.54, 1.807) is 0 Å². The van der Waals surface area contributed by atoms with E-state index in [0.717, 1.165) is 17.0 Å². The molecule has 0 N–H and O–H groups in total. The van der Waals surface area contributed by atoms with Gasteiger partial charge in [0.05, 0.1) is 5.38 Å². The van der Waals surface area contributed by atoms with Crippen molar-refractivity contribution in [3.05, 3.63) is 82.4 Å². The first kappa shape index (κ1) is 14.4. The van der Waals surface area contributed by atoms with Crippen LogP contribution in [0.15, 0.2) is 60.7 Å². The van der Waals surface area contributed by atoms with E-state index < -0.39 is 0 Å². The summed E-state index contributed by atoms with van der Waals surface area (Å²) in [6.45, 7) is 2.07. The van der Waals surface area contributed by atoms with Crippen molar-refractivity contribution in [3.63, 3.8) is 0 Å². The minimum absolute atomic E-state index is 0.0649. The summed E-state index contributed by atoms with van der Waals surface area (Å²) in [6.07, 6.45) is 0.799. The molecule has 0 aliphatic carbocycles. The quantitative estimate of drug-likeness (QED) is 0.496. The predicted molar refractivity (Wildman–Crippen MR) is 92.4 cm³/mol. The van der Waals surface area contributed by atoms with Crippen LogP contribution in [-0.2, 0) is 6.42 Å². The number of hydrogen-bond acceptors (Lipinski definition) is 0. The first-order valence-electron chi connectivity index (χ1n) is 7.01. The van der Waals surface area contributed by atoms with Gasteiger partial charge in [0, 0.05) is 5.02 Å². The topological polar surface area (TPSA) is 0 Å². The number of aryl methyl sites for hydroxylation is 1. The van der Waals surface area contributed by atoms with Crippen LogP contribution in [0.2, 0.25) is 5.02 Å². The van der Waals surface area contributed by atoms with Crippen molar-refractivity contribution in [1.82, 2.24) is 0 Å². The van der Waals surface area contributed by atoms with E-state index >= 15 is 0 Å². The van der Waals surface area contributed by atoms with Crippen molar-refractivity contribution in [2.75, 3.05) is 0 Å². The fraction of sp³-hybridized carbons (Fsp3) is 0.158. The Balaban J connectivity index is 1.88. The summed E-state index contributed by atoms with van der Waals surface area (Å²) in [7, 11) is 0. The number of rotatable bonds is 3. The molecular weight excluding hydrogens is 299 g/mol. The Labute approximate surface area is 135 Å². The van der Waals surface area contributed by atoms with Gasteiger partial charge in [-0.05, 0) is 52.9 Å². The average Bonchev–Trinajstić information content (AvgIpc) is 2.49. The number of benzene rings is 3. The molecule has 21 heavy (non-hydrogen) atoms. The molecule has 0 bridgehead atoms. The van der Waals surface area contributed by atoms with E-state index in [4.69, 9.17) is 23.2 Å². The van der Waals surface area contributed by atoms with Crippen molar-refractivity contribution < 1.29 is 0 Å². The largest absolute Gasteiger partial charge is 0.117 e. The fourth-order valence-corrected chi connectivity index (χ4v) is 3.23. The Morgan fingerprint density at radius 1 is 0.905 bits per heavy atom. The van der Waals surface area contributed by atoms with Crippen LogP contribution in [0.25, 0.3) is 10.8 Å². The van der Waals surface area contributed by atoms with Crippen LogP contribution in [0.3, 0.4) is 0 Å². The summed E-state index contributed by atoms with van der Waals surface area (Å²) < 4.78 is 0. The molecule has 1 unspecified atom stereocenters. The molecular formula is C19H16Cl2. The monoisotopic (exact) mass is 314 g/mol. The Hall–Kier alpha value is -1.50. The maximum atomic E-state index is 6.61. The van der Waals surface area contributed by atoms with Crippen LogP contribution < -0.4 is 0 Å². The number of halogens is 2. The molecule has 106 valence electrons. The molecule has 2 heteroatoms. The van der Waals surface area contributed by atoms with Gasteiger partial charge in [0.1, 0.15) is 0 Å². The van der Waals surface area contributed by atoms with Gasteiger partial charge in [0.15, 0.2) is 0 Å². The van der Waals surface area contributed by atoms with Crippen molar-refractivity contribution in [3.8, 4) is 0 Å². The summed E-state index contributed by atoms with van der Waals surface area (Å²) in [5.74, 6) is 0. The number of hydrogen-bond donors (Lipinski definition) is 0. The van der Waals surface area contributed by atoms with Crippen molar-refractivity contribution in [2.24, 2.45) is 0 Å². The Bertz CT molecular complexity index is 777. The molecule has 0 spiro atoms. The zero-order valence-electron chi connectivity index (χ0n) is 11.8. The summed E-state index contributed by atoms with van der Waals surface area (Å²) in [4.78, 5) is 0. The summed E-state index contributed by atoms with van der Waals surface area (Å²) in [5.41, 5.74) is 3.53. The summed E-state index contributed by atoms with van der Waals surface area (Å²) >= 11 is 12.7. The summed E-state index contributed by atoms with van der Waals surface area (Å²) in [6, 6.07) is 20.8. The molecule has 0 radical (unpaired) electrons. The molecule has 0 heterocycles. The highest BCUT2D eigenvalue weighted by molar-refractivity contribution is 6.30. The van der Waals surface area contributed by atoms with Crippen LogP contribution in [0.1, 0.15) is 22.1 Å². The van der Waals surface area contributed by atoms with E-state index in [2.05, 4.69) is 49.4 Å². The maximum absolute atomic E-state index is 6.61. The van der Waals surface area contributed by atoms with Gasteiger partial charge in [0.25, 0.3) is 0 Å². The lowest BCUT2D eigenvalue weighted by molar-refractivity contribution is 0.911. The Morgan fingerprint density at radius 3 is 2.48 bits per heavy atom. The lowest BCUT2D eigenvalue weighted by Crippen LogP contribution is -1.98. The van der Waals surface area contributed by atoms with Gasteiger partial charge in [-0.2, -0.15) is 0 Å². The standard InChI is InChI=1S/C19H16Cl2/c1-13-6-9-17(20)12-18(13)19(21)11-14-7-8-15-4-2-3-5-16(15)10-14/h2-10,12,19H,11H2,1H3. The Morgan fingerprint density at radius 2 is 1.67 bits per heavy atom. The van der Waals surface area contributed by atoms with Gasteiger partial charge in [-0.1, -0.05) is 60.1 Å². The molecule has 0 saturated heterocycles. The second-order valence-corrected chi connectivity index (χ2v) is 6.32. The van der Waals surface area contributed by atoms with Gasteiger partial charge in [-0.25, -0.2) is 0 Å². The smallest absolute Gasteiger partial charge is 0.0628 e. The summed E-state index contributed by atoms with van der Waals surface area (Å²) in [5, 5.41) is 3.18. The second kappa shape index (κ2) is 6.09. The molecule has 3 aromatic carbocycles. The molecule has 0 nitrogen and oxygen atoms in total. The van der Waals surface area contributed by atoms with E-state index in [1.807, 2.05) is 18.2 Å². The van der Waals surface area contributed by atoms with E-state index in [1.165, 1.54) is 21.9 Å². The zero-order valence-corrected chi connectivity index (χ0v) is 13.3. The molecule has 0 saturated carbocycles. The molecule has 0 aromatic heterocycles. The van der Waals surface area contributed by atoms with Crippen LogP contribution in [0, 0.1) is 6.92 Å².